The standard InChI is InChI=1S/C10H17N3O2S2/c1-7-9(17-5-4-16-7)10-12-8(15-13-10)6-14-3-2-11/h7,9H,2-6,11H2,1H3. The molecule has 17 heavy (non-hydrogen) atoms. The minimum Gasteiger partial charge on any atom is -0.370 e. The lowest BCUT2D eigenvalue weighted by atomic mass is 10.3. The van der Waals surface area contributed by atoms with E-state index in [0.29, 0.717) is 36.1 Å². The molecule has 2 unspecified atom stereocenters. The van der Waals surface area contributed by atoms with E-state index in [1.165, 1.54) is 5.75 Å². The Balaban J connectivity index is 1.92. The maximum atomic E-state index is 5.34. The van der Waals surface area contributed by atoms with E-state index in [1.807, 2.05) is 23.5 Å². The summed E-state index contributed by atoms with van der Waals surface area (Å²) in [6.07, 6.45) is 0. The molecule has 0 amide bonds. The number of nitrogens with zero attached hydrogens (tertiary/aromatic N) is 2. The number of hydrogen-bond acceptors (Lipinski definition) is 7. The van der Waals surface area contributed by atoms with Gasteiger partial charge in [0.2, 0.25) is 0 Å². The predicted molar refractivity (Wildman–Crippen MR) is 70.1 cm³/mol. The summed E-state index contributed by atoms with van der Waals surface area (Å²) in [6, 6.07) is 0. The Morgan fingerprint density at radius 3 is 3.06 bits per heavy atom. The van der Waals surface area contributed by atoms with E-state index in [9.17, 15) is 0 Å². The van der Waals surface area contributed by atoms with E-state index in [0.717, 1.165) is 11.6 Å². The van der Waals surface area contributed by atoms with E-state index >= 15 is 0 Å². The summed E-state index contributed by atoms with van der Waals surface area (Å²) >= 11 is 3.86. The number of hydrogen-bond donors (Lipinski definition) is 1. The zero-order chi connectivity index (χ0) is 12.1. The molecule has 0 spiro atoms. The van der Waals surface area contributed by atoms with Crippen LogP contribution in [0.5, 0.6) is 0 Å². The highest BCUT2D eigenvalue weighted by Gasteiger charge is 2.28. The third-order valence-corrected chi connectivity index (χ3v) is 5.50. The van der Waals surface area contributed by atoms with Gasteiger partial charge in [0.1, 0.15) is 6.61 Å². The molecule has 1 aliphatic heterocycles. The van der Waals surface area contributed by atoms with Gasteiger partial charge in [0.15, 0.2) is 5.82 Å². The second kappa shape index (κ2) is 6.63. The van der Waals surface area contributed by atoms with Crippen LogP contribution in [0, 0.1) is 0 Å². The smallest absolute Gasteiger partial charge is 0.252 e. The Morgan fingerprint density at radius 2 is 2.29 bits per heavy atom. The summed E-state index contributed by atoms with van der Waals surface area (Å²) in [5.41, 5.74) is 5.34. The molecular formula is C10H17N3O2S2. The van der Waals surface area contributed by atoms with Gasteiger partial charge < -0.3 is 15.0 Å². The maximum absolute atomic E-state index is 5.34. The highest BCUT2D eigenvalue weighted by Crippen LogP contribution is 2.41. The first-order chi connectivity index (χ1) is 8.31. The summed E-state index contributed by atoms with van der Waals surface area (Å²) < 4.78 is 10.4. The fourth-order valence-electron chi connectivity index (χ4n) is 1.60. The number of thioether (sulfide) groups is 2. The van der Waals surface area contributed by atoms with Crippen molar-refractivity contribution in [3.8, 4) is 0 Å². The van der Waals surface area contributed by atoms with E-state index in [2.05, 4.69) is 17.1 Å². The van der Waals surface area contributed by atoms with Crippen molar-refractivity contribution in [1.82, 2.24) is 10.1 Å². The highest BCUT2D eigenvalue weighted by molar-refractivity contribution is 8.06. The summed E-state index contributed by atoms with van der Waals surface area (Å²) in [5, 5.41) is 4.90. The van der Waals surface area contributed by atoms with Crippen molar-refractivity contribution in [2.75, 3.05) is 24.7 Å². The molecule has 2 N–H and O–H groups in total. The van der Waals surface area contributed by atoms with Crippen molar-refractivity contribution in [2.24, 2.45) is 5.73 Å². The van der Waals surface area contributed by atoms with Gasteiger partial charge in [-0.3, -0.25) is 0 Å². The zero-order valence-corrected chi connectivity index (χ0v) is 11.4. The van der Waals surface area contributed by atoms with E-state index in [4.69, 9.17) is 15.0 Å². The molecule has 2 atom stereocenters. The molecule has 0 aromatic carbocycles. The van der Waals surface area contributed by atoms with Crippen LogP contribution in [0.1, 0.15) is 23.9 Å². The third-order valence-electron chi connectivity index (χ3n) is 2.41. The van der Waals surface area contributed by atoms with Gasteiger partial charge in [-0.2, -0.15) is 16.7 Å². The fraction of sp³-hybridized carbons (Fsp3) is 0.800. The summed E-state index contributed by atoms with van der Waals surface area (Å²) in [4.78, 5) is 4.38. The number of rotatable bonds is 5. The van der Waals surface area contributed by atoms with Crippen LogP contribution in [-0.2, 0) is 11.3 Å². The molecule has 2 heterocycles. The van der Waals surface area contributed by atoms with Crippen LogP contribution in [0.3, 0.4) is 0 Å². The molecular weight excluding hydrogens is 258 g/mol. The Kier molecular flexibility index (Phi) is 5.15. The second-order valence-electron chi connectivity index (χ2n) is 3.75. The van der Waals surface area contributed by atoms with Crippen molar-refractivity contribution in [2.45, 2.75) is 24.0 Å². The molecule has 1 fully saturated rings. The molecule has 0 saturated carbocycles. The quantitative estimate of drug-likeness (QED) is 0.815. The zero-order valence-electron chi connectivity index (χ0n) is 9.80. The summed E-state index contributed by atoms with van der Waals surface area (Å²) in [7, 11) is 0. The fourth-order valence-corrected chi connectivity index (χ4v) is 4.28. The molecule has 96 valence electrons. The molecule has 5 nitrogen and oxygen atoms in total. The van der Waals surface area contributed by atoms with Crippen molar-refractivity contribution in [1.29, 1.82) is 0 Å². The molecule has 1 aromatic rings. The van der Waals surface area contributed by atoms with Crippen LogP contribution in [0.2, 0.25) is 0 Å². The monoisotopic (exact) mass is 275 g/mol. The number of aromatic nitrogens is 2. The van der Waals surface area contributed by atoms with Crippen LogP contribution in [0.15, 0.2) is 4.52 Å². The van der Waals surface area contributed by atoms with Gasteiger partial charge in [0.25, 0.3) is 5.89 Å². The highest BCUT2D eigenvalue weighted by atomic mass is 32.2. The SMILES string of the molecule is CC1SCCSC1c1noc(COCCN)n1. The lowest BCUT2D eigenvalue weighted by Crippen LogP contribution is -2.17. The summed E-state index contributed by atoms with van der Waals surface area (Å²) in [5.74, 6) is 3.68. The Labute approximate surface area is 109 Å². The van der Waals surface area contributed by atoms with Crippen LogP contribution in [0.4, 0.5) is 0 Å². The number of nitrogens with two attached hydrogens (primary N) is 1. The molecule has 1 saturated heterocycles. The minimum atomic E-state index is 0.334. The lowest BCUT2D eigenvalue weighted by Gasteiger charge is -2.24. The van der Waals surface area contributed by atoms with Crippen LogP contribution in [0.25, 0.3) is 0 Å². The number of ether oxygens (including phenoxy) is 1. The van der Waals surface area contributed by atoms with Crippen molar-refractivity contribution >= 4 is 23.5 Å². The second-order valence-corrected chi connectivity index (χ2v) is 6.49. The van der Waals surface area contributed by atoms with Gasteiger partial charge in [-0.15, -0.1) is 11.8 Å². The van der Waals surface area contributed by atoms with Crippen LogP contribution in [-0.4, -0.2) is 40.0 Å². The largest absolute Gasteiger partial charge is 0.370 e. The normalized spacial score (nSPS) is 25.1. The first kappa shape index (κ1) is 13.2. The average molecular weight is 275 g/mol. The molecule has 0 aliphatic carbocycles. The van der Waals surface area contributed by atoms with Crippen LogP contribution < -0.4 is 5.73 Å². The Bertz CT molecular complexity index is 348. The average Bonchev–Trinajstić information content (AvgIpc) is 2.79. The van der Waals surface area contributed by atoms with E-state index in [-0.39, 0.29) is 0 Å². The van der Waals surface area contributed by atoms with Gasteiger partial charge in [-0.25, -0.2) is 0 Å². The first-order valence-corrected chi connectivity index (χ1v) is 7.74. The first-order valence-electron chi connectivity index (χ1n) is 5.64. The lowest BCUT2D eigenvalue weighted by molar-refractivity contribution is 0.104. The summed E-state index contributed by atoms with van der Waals surface area (Å²) in [6.45, 7) is 3.58. The van der Waals surface area contributed by atoms with Crippen LogP contribution >= 0.6 is 23.5 Å². The topological polar surface area (TPSA) is 74.2 Å². The van der Waals surface area contributed by atoms with Gasteiger partial charge in [0.05, 0.1) is 11.9 Å². The van der Waals surface area contributed by atoms with Gasteiger partial charge >= 0.3 is 0 Å². The molecule has 1 aromatic heterocycles. The predicted octanol–water partition coefficient (Wildman–Crippen LogP) is 1.45. The van der Waals surface area contributed by atoms with Gasteiger partial charge in [-0.05, 0) is 0 Å². The Morgan fingerprint density at radius 1 is 1.47 bits per heavy atom. The van der Waals surface area contributed by atoms with Gasteiger partial charge in [-0.1, -0.05) is 12.1 Å². The molecule has 1 aliphatic rings. The van der Waals surface area contributed by atoms with E-state index < -0.39 is 0 Å². The molecule has 2 rings (SSSR count). The minimum absolute atomic E-state index is 0.334. The van der Waals surface area contributed by atoms with Crippen molar-refractivity contribution in [3.05, 3.63) is 11.7 Å². The third kappa shape index (κ3) is 3.61. The molecule has 0 radical (unpaired) electrons. The maximum Gasteiger partial charge on any atom is 0.252 e. The molecule has 7 heteroatoms. The van der Waals surface area contributed by atoms with Crippen molar-refractivity contribution in [3.63, 3.8) is 0 Å². The Hall–Kier alpha value is -0.240. The van der Waals surface area contributed by atoms with Crippen molar-refractivity contribution < 1.29 is 9.26 Å². The van der Waals surface area contributed by atoms with Gasteiger partial charge in [0, 0.05) is 23.3 Å². The molecule has 0 bridgehead atoms. The van der Waals surface area contributed by atoms with E-state index in [1.54, 1.807) is 0 Å².